The largest absolute Gasteiger partial charge is 0.493 e. The Balaban J connectivity index is 1.55. The Kier molecular flexibility index (Phi) is 5.05. The second kappa shape index (κ2) is 8.02. The minimum absolute atomic E-state index is 0.0422. The molecule has 8 heteroatoms. The summed E-state index contributed by atoms with van der Waals surface area (Å²) in [5, 5.41) is 8.99. The molecule has 1 aliphatic carbocycles. The van der Waals surface area contributed by atoms with Crippen molar-refractivity contribution >= 4 is 5.91 Å². The van der Waals surface area contributed by atoms with Crippen molar-refractivity contribution in [1.82, 2.24) is 24.6 Å². The molecular formula is C23H25N5O3. The van der Waals surface area contributed by atoms with Crippen molar-refractivity contribution in [3.05, 3.63) is 54.1 Å². The van der Waals surface area contributed by atoms with Crippen molar-refractivity contribution in [2.45, 2.75) is 44.3 Å². The first kappa shape index (κ1) is 19.5. The molecule has 2 aromatic heterocycles. The number of hydrogen-bond donors (Lipinski definition) is 0. The van der Waals surface area contributed by atoms with Crippen molar-refractivity contribution in [2.75, 3.05) is 14.2 Å². The summed E-state index contributed by atoms with van der Waals surface area (Å²) in [6.07, 6.45) is 5.84. The Bertz CT molecular complexity index is 1100. The van der Waals surface area contributed by atoms with E-state index in [4.69, 9.17) is 9.47 Å². The monoisotopic (exact) mass is 419 g/mol. The van der Waals surface area contributed by atoms with E-state index in [1.807, 2.05) is 35.2 Å². The van der Waals surface area contributed by atoms with Gasteiger partial charge in [0.15, 0.2) is 23.1 Å². The van der Waals surface area contributed by atoms with Crippen LogP contribution >= 0.6 is 0 Å². The molecule has 31 heavy (non-hydrogen) atoms. The molecule has 1 saturated carbocycles. The lowest BCUT2D eigenvalue weighted by Gasteiger charge is -2.44. The Hall–Kier alpha value is -3.42. The SMILES string of the molecule is COc1ccc(-c2nnc3n2[C@@H]2CCCC[C@@H]2N(C(=O)c2ccccn2)C3)cc1OC. The van der Waals surface area contributed by atoms with Gasteiger partial charge in [0.25, 0.3) is 5.91 Å². The number of benzene rings is 1. The molecule has 3 heterocycles. The molecule has 0 bridgehead atoms. The van der Waals surface area contributed by atoms with Gasteiger partial charge in [-0.05, 0) is 43.2 Å². The summed E-state index contributed by atoms with van der Waals surface area (Å²) in [5.74, 6) is 2.89. The number of rotatable bonds is 4. The number of ether oxygens (including phenoxy) is 2. The lowest BCUT2D eigenvalue weighted by molar-refractivity contribution is 0.0415. The number of carbonyl (C=O) groups excluding carboxylic acids is 1. The quantitative estimate of drug-likeness (QED) is 0.644. The van der Waals surface area contributed by atoms with E-state index in [2.05, 4.69) is 19.7 Å². The maximum atomic E-state index is 13.3. The third kappa shape index (κ3) is 3.32. The molecule has 1 aliphatic heterocycles. The van der Waals surface area contributed by atoms with Gasteiger partial charge in [-0.2, -0.15) is 0 Å². The third-order valence-electron chi connectivity index (χ3n) is 6.29. The molecule has 1 fully saturated rings. The number of fused-ring (bicyclic) bond motifs is 3. The third-order valence-corrected chi connectivity index (χ3v) is 6.29. The maximum Gasteiger partial charge on any atom is 0.273 e. The van der Waals surface area contributed by atoms with Crippen LogP contribution in [0, 0.1) is 0 Å². The fourth-order valence-corrected chi connectivity index (χ4v) is 4.84. The standard InChI is InChI=1S/C23H25N5O3/c1-30-19-11-10-15(13-20(19)31-2)22-26-25-21-14-27(23(29)16-7-5-6-12-24-16)17-8-3-4-9-18(17)28(21)22/h5-7,10-13,17-18H,3-4,8-9,14H2,1-2H3/t17-,18+/m0/s1. The van der Waals surface area contributed by atoms with Crippen LogP contribution in [-0.4, -0.2) is 50.8 Å². The van der Waals surface area contributed by atoms with E-state index in [1.54, 1.807) is 26.5 Å². The molecule has 160 valence electrons. The van der Waals surface area contributed by atoms with Crippen LogP contribution in [-0.2, 0) is 6.54 Å². The van der Waals surface area contributed by atoms with Crippen molar-refractivity contribution in [1.29, 1.82) is 0 Å². The van der Waals surface area contributed by atoms with Gasteiger partial charge in [0, 0.05) is 11.8 Å². The molecular weight excluding hydrogens is 394 g/mol. The molecule has 3 aromatic rings. The zero-order chi connectivity index (χ0) is 21.4. The molecule has 1 aromatic carbocycles. The first-order valence-corrected chi connectivity index (χ1v) is 10.6. The molecule has 0 unspecified atom stereocenters. The highest BCUT2D eigenvalue weighted by atomic mass is 16.5. The minimum Gasteiger partial charge on any atom is -0.493 e. The zero-order valence-corrected chi connectivity index (χ0v) is 17.7. The van der Waals surface area contributed by atoms with Crippen LogP contribution in [0.3, 0.4) is 0 Å². The van der Waals surface area contributed by atoms with Gasteiger partial charge in [-0.15, -0.1) is 10.2 Å². The smallest absolute Gasteiger partial charge is 0.273 e. The number of pyridine rings is 1. The number of aromatic nitrogens is 4. The predicted molar refractivity (Wildman–Crippen MR) is 114 cm³/mol. The van der Waals surface area contributed by atoms with E-state index in [9.17, 15) is 4.79 Å². The van der Waals surface area contributed by atoms with Gasteiger partial charge in [0.2, 0.25) is 0 Å². The summed E-state index contributed by atoms with van der Waals surface area (Å²) in [4.78, 5) is 19.5. The summed E-state index contributed by atoms with van der Waals surface area (Å²) in [6.45, 7) is 0.427. The second-order valence-electron chi connectivity index (χ2n) is 7.95. The van der Waals surface area contributed by atoms with Crippen molar-refractivity contribution in [2.24, 2.45) is 0 Å². The van der Waals surface area contributed by atoms with Gasteiger partial charge >= 0.3 is 0 Å². The maximum absolute atomic E-state index is 13.3. The number of carbonyl (C=O) groups is 1. The summed E-state index contributed by atoms with van der Waals surface area (Å²) < 4.78 is 13.1. The van der Waals surface area contributed by atoms with Gasteiger partial charge in [-0.3, -0.25) is 9.78 Å². The normalized spacial score (nSPS) is 20.0. The van der Waals surface area contributed by atoms with E-state index in [1.165, 1.54) is 0 Å². The minimum atomic E-state index is -0.0422. The zero-order valence-electron chi connectivity index (χ0n) is 17.7. The van der Waals surface area contributed by atoms with Crippen LogP contribution < -0.4 is 9.47 Å². The van der Waals surface area contributed by atoms with E-state index in [-0.39, 0.29) is 18.0 Å². The number of amides is 1. The lowest BCUT2D eigenvalue weighted by atomic mass is 9.87. The summed E-state index contributed by atoms with van der Waals surface area (Å²) in [7, 11) is 3.25. The molecule has 8 nitrogen and oxygen atoms in total. The van der Waals surface area contributed by atoms with Crippen molar-refractivity contribution in [3.8, 4) is 22.9 Å². The molecule has 0 radical (unpaired) electrons. The van der Waals surface area contributed by atoms with Crippen LogP contribution in [0.25, 0.3) is 11.4 Å². The lowest BCUT2D eigenvalue weighted by Crippen LogP contribution is -2.50. The molecule has 0 N–H and O–H groups in total. The van der Waals surface area contributed by atoms with Crippen molar-refractivity contribution < 1.29 is 14.3 Å². The van der Waals surface area contributed by atoms with E-state index in [0.717, 1.165) is 42.9 Å². The number of hydrogen-bond acceptors (Lipinski definition) is 6. The van der Waals surface area contributed by atoms with Crippen LogP contribution in [0.5, 0.6) is 11.5 Å². The molecule has 0 spiro atoms. The fraction of sp³-hybridized carbons (Fsp3) is 0.391. The van der Waals surface area contributed by atoms with Gasteiger partial charge in [0.05, 0.1) is 32.8 Å². The topological polar surface area (TPSA) is 82.4 Å². The van der Waals surface area contributed by atoms with Gasteiger partial charge in [-0.1, -0.05) is 18.9 Å². The highest BCUT2D eigenvalue weighted by Crippen LogP contribution is 2.41. The molecule has 1 amide bonds. The second-order valence-corrected chi connectivity index (χ2v) is 7.95. The highest BCUT2D eigenvalue weighted by Gasteiger charge is 2.41. The molecule has 0 saturated heterocycles. The van der Waals surface area contributed by atoms with Gasteiger partial charge in [0.1, 0.15) is 5.69 Å². The van der Waals surface area contributed by atoms with Crippen molar-refractivity contribution in [3.63, 3.8) is 0 Å². The fourth-order valence-electron chi connectivity index (χ4n) is 4.84. The highest BCUT2D eigenvalue weighted by molar-refractivity contribution is 5.92. The van der Waals surface area contributed by atoms with E-state index in [0.29, 0.717) is 23.7 Å². The Morgan fingerprint density at radius 2 is 1.81 bits per heavy atom. The van der Waals surface area contributed by atoms with Gasteiger partial charge in [-0.25, -0.2) is 0 Å². The first-order valence-electron chi connectivity index (χ1n) is 10.6. The Morgan fingerprint density at radius 3 is 2.55 bits per heavy atom. The van der Waals surface area contributed by atoms with Gasteiger partial charge < -0.3 is 18.9 Å². The molecule has 2 atom stereocenters. The molecule has 5 rings (SSSR count). The average Bonchev–Trinajstić information content (AvgIpc) is 3.27. The number of methoxy groups -OCH3 is 2. The van der Waals surface area contributed by atoms with Crippen LogP contribution in [0.1, 0.15) is 48.0 Å². The van der Waals surface area contributed by atoms with E-state index < -0.39 is 0 Å². The average molecular weight is 419 g/mol. The predicted octanol–water partition coefficient (Wildman–Crippen LogP) is 3.50. The van der Waals surface area contributed by atoms with Crippen LogP contribution in [0.15, 0.2) is 42.6 Å². The van der Waals surface area contributed by atoms with Crippen LogP contribution in [0.2, 0.25) is 0 Å². The number of nitrogens with zero attached hydrogens (tertiary/aromatic N) is 5. The first-order chi connectivity index (χ1) is 15.2. The molecule has 2 aliphatic rings. The summed E-state index contributed by atoms with van der Waals surface area (Å²) in [5.41, 5.74) is 1.39. The summed E-state index contributed by atoms with van der Waals surface area (Å²) >= 11 is 0. The Labute approximate surface area is 180 Å². The Morgan fingerprint density at radius 1 is 1.00 bits per heavy atom. The van der Waals surface area contributed by atoms with E-state index >= 15 is 0 Å². The van der Waals surface area contributed by atoms with Crippen LogP contribution in [0.4, 0.5) is 0 Å². The summed E-state index contributed by atoms with van der Waals surface area (Å²) in [6, 6.07) is 11.5.